The Morgan fingerprint density at radius 2 is 1.51 bits per heavy atom. The fourth-order valence-electron chi connectivity index (χ4n) is 4.86. The van der Waals surface area contributed by atoms with Crippen LogP contribution in [0.2, 0.25) is 0 Å². The Balaban J connectivity index is 1.22. The zero-order valence-electron chi connectivity index (χ0n) is 25.2. The minimum absolute atomic E-state index is 0.0232. The smallest absolute Gasteiger partial charge is 0.319 e. The van der Waals surface area contributed by atoms with Gasteiger partial charge < -0.3 is 30.3 Å². The summed E-state index contributed by atoms with van der Waals surface area (Å²) < 4.78 is 26.5. The number of halogens is 1. The van der Waals surface area contributed by atoms with E-state index in [0.29, 0.717) is 29.2 Å². The molecule has 0 saturated carbocycles. The molecule has 3 N–H and O–H groups in total. The molecule has 230 valence electrons. The van der Waals surface area contributed by atoms with Crippen molar-refractivity contribution in [2.24, 2.45) is 0 Å². The number of urea groups is 1. The van der Waals surface area contributed by atoms with Gasteiger partial charge >= 0.3 is 6.03 Å². The van der Waals surface area contributed by atoms with Crippen LogP contribution in [0.25, 0.3) is 0 Å². The number of carbonyl (C=O) groups excluding carboxylic acids is 2. The fourth-order valence-corrected chi connectivity index (χ4v) is 4.86. The molecule has 0 spiro atoms. The van der Waals surface area contributed by atoms with Crippen molar-refractivity contribution in [2.45, 2.75) is 64.9 Å². The SMILES string of the molecule is CCCCCNC(=O)Nc1ccc(Oc2ccc(NC(=O)c3ccc(OC4CCN(CCCC)CC4)cc3)cc2)c(F)c1. The van der Waals surface area contributed by atoms with E-state index in [-0.39, 0.29) is 23.8 Å². The number of amides is 3. The van der Waals surface area contributed by atoms with Crippen molar-refractivity contribution in [3.8, 4) is 17.2 Å². The molecule has 9 heteroatoms. The van der Waals surface area contributed by atoms with E-state index in [0.717, 1.165) is 57.5 Å². The van der Waals surface area contributed by atoms with Gasteiger partial charge in [-0.25, -0.2) is 9.18 Å². The number of nitrogens with one attached hydrogen (secondary N) is 3. The molecule has 0 atom stereocenters. The largest absolute Gasteiger partial charge is 0.490 e. The number of carbonyl (C=O) groups is 2. The van der Waals surface area contributed by atoms with Gasteiger partial charge in [-0.05, 0) is 92.9 Å². The Bertz CT molecular complexity index is 1310. The molecule has 0 aromatic heterocycles. The van der Waals surface area contributed by atoms with E-state index in [4.69, 9.17) is 9.47 Å². The monoisotopic (exact) mass is 590 g/mol. The number of likely N-dealkylation sites (tertiary alicyclic amines) is 1. The molecule has 3 aromatic rings. The summed E-state index contributed by atoms with van der Waals surface area (Å²) in [4.78, 5) is 27.3. The summed E-state index contributed by atoms with van der Waals surface area (Å²) in [5.41, 5.74) is 1.43. The first-order valence-corrected chi connectivity index (χ1v) is 15.4. The first-order chi connectivity index (χ1) is 20.9. The molecule has 4 rings (SSSR count). The molecule has 0 bridgehead atoms. The lowest BCUT2D eigenvalue weighted by Gasteiger charge is -2.32. The van der Waals surface area contributed by atoms with Crippen LogP contribution in [0.4, 0.5) is 20.6 Å². The maximum atomic E-state index is 14.6. The lowest BCUT2D eigenvalue weighted by Crippen LogP contribution is -2.38. The number of hydrogen-bond donors (Lipinski definition) is 3. The van der Waals surface area contributed by atoms with E-state index < -0.39 is 5.82 Å². The lowest BCUT2D eigenvalue weighted by atomic mass is 10.1. The Kier molecular flexibility index (Phi) is 12.2. The van der Waals surface area contributed by atoms with Crippen molar-refractivity contribution in [3.63, 3.8) is 0 Å². The van der Waals surface area contributed by atoms with Gasteiger partial charge in [0.1, 0.15) is 17.6 Å². The summed E-state index contributed by atoms with van der Waals surface area (Å²) in [5.74, 6) is 0.352. The summed E-state index contributed by atoms with van der Waals surface area (Å²) in [6.07, 6.45) is 7.68. The number of benzene rings is 3. The van der Waals surface area contributed by atoms with E-state index in [9.17, 15) is 14.0 Å². The van der Waals surface area contributed by atoms with Crippen molar-refractivity contribution in [2.75, 3.05) is 36.8 Å². The van der Waals surface area contributed by atoms with Gasteiger partial charge in [0, 0.05) is 42.6 Å². The zero-order chi connectivity index (χ0) is 30.4. The summed E-state index contributed by atoms with van der Waals surface area (Å²) >= 11 is 0. The number of unbranched alkanes of at least 4 members (excludes halogenated alkanes) is 3. The number of rotatable bonds is 14. The first kappa shape index (κ1) is 31.8. The van der Waals surface area contributed by atoms with Crippen molar-refractivity contribution >= 4 is 23.3 Å². The van der Waals surface area contributed by atoms with Crippen molar-refractivity contribution in [1.29, 1.82) is 0 Å². The van der Waals surface area contributed by atoms with Crippen LogP contribution in [0.1, 0.15) is 69.2 Å². The molecular weight excluding hydrogens is 547 g/mol. The third kappa shape index (κ3) is 10.3. The van der Waals surface area contributed by atoms with Crippen LogP contribution in [0.5, 0.6) is 17.2 Å². The molecular formula is C34H43FN4O4. The summed E-state index contributed by atoms with van der Waals surface area (Å²) in [5, 5.41) is 8.24. The number of hydrogen-bond acceptors (Lipinski definition) is 5. The van der Waals surface area contributed by atoms with Crippen molar-refractivity contribution in [3.05, 3.63) is 78.1 Å². The van der Waals surface area contributed by atoms with Crippen LogP contribution in [0.15, 0.2) is 66.7 Å². The summed E-state index contributed by atoms with van der Waals surface area (Å²) in [6, 6.07) is 17.7. The van der Waals surface area contributed by atoms with E-state index in [1.54, 1.807) is 42.5 Å². The van der Waals surface area contributed by atoms with Crippen LogP contribution >= 0.6 is 0 Å². The van der Waals surface area contributed by atoms with Gasteiger partial charge in [-0.2, -0.15) is 0 Å². The number of ether oxygens (including phenoxy) is 2. The molecule has 43 heavy (non-hydrogen) atoms. The highest BCUT2D eigenvalue weighted by atomic mass is 19.1. The molecule has 1 aliphatic rings. The van der Waals surface area contributed by atoms with Gasteiger partial charge in [0.05, 0.1) is 0 Å². The average Bonchev–Trinajstić information content (AvgIpc) is 3.01. The summed E-state index contributed by atoms with van der Waals surface area (Å²) in [7, 11) is 0. The molecule has 1 aliphatic heterocycles. The predicted molar refractivity (Wildman–Crippen MR) is 169 cm³/mol. The highest BCUT2D eigenvalue weighted by Crippen LogP contribution is 2.28. The fraction of sp³-hybridized carbons (Fsp3) is 0.412. The van der Waals surface area contributed by atoms with E-state index >= 15 is 0 Å². The molecule has 8 nitrogen and oxygen atoms in total. The van der Waals surface area contributed by atoms with Crippen LogP contribution in [-0.4, -0.2) is 49.1 Å². The minimum Gasteiger partial charge on any atom is -0.490 e. The van der Waals surface area contributed by atoms with E-state index in [2.05, 4.69) is 34.7 Å². The number of nitrogens with zero attached hydrogens (tertiary/aromatic N) is 1. The van der Waals surface area contributed by atoms with Gasteiger partial charge in [0.25, 0.3) is 5.91 Å². The molecule has 3 amide bonds. The second-order valence-electron chi connectivity index (χ2n) is 10.9. The van der Waals surface area contributed by atoms with Crippen LogP contribution < -0.4 is 25.4 Å². The van der Waals surface area contributed by atoms with E-state index in [1.807, 2.05) is 12.1 Å². The van der Waals surface area contributed by atoms with Crippen molar-refractivity contribution < 1.29 is 23.5 Å². The van der Waals surface area contributed by atoms with Gasteiger partial charge in [-0.1, -0.05) is 33.1 Å². The molecule has 0 aliphatic carbocycles. The Hall–Kier alpha value is -4.11. The average molecular weight is 591 g/mol. The molecule has 0 radical (unpaired) electrons. The molecule has 1 fully saturated rings. The highest BCUT2D eigenvalue weighted by molar-refractivity contribution is 6.04. The lowest BCUT2D eigenvalue weighted by molar-refractivity contribution is 0.0996. The number of piperidine rings is 1. The molecule has 0 unspecified atom stereocenters. The molecule has 1 saturated heterocycles. The first-order valence-electron chi connectivity index (χ1n) is 15.4. The number of anilines is 2. The minimum atomic E-state index is -0.606. The van der Waals surface area contributed by atoms with Gasteiger partial charge in [0.2, 0.25) is 0 Å². The zero-order valence-corrected chi connectivity index (χ0v) is 25.2. The topological polar surface area (TPSA) is 91.9 Å². The maximum Gasteiger partial charge on any atom is 0.319 e. The quantitative estimate of drug-likeness (QED) is 0.167. The van der Waals surface area contributed by atoms with Crippen LogP contribution in [0, 0.1) is 5.82 Å². The Morgan fingerprint density at radius 3 is 2.19 bits per heavy atom. The van der Waals surface area contributed by atoms with Crippen LogP contribution in [0.3, 0.4) is 0 Å². The van der Waals surface area contributed by atoms with Gasteiger partial charge in [-0.3, -0.25) is 4.79 Å². The normalized spacial score (nSPS) is 13.7. The van der Waals surface area contributed by atoms with Gasteiger partial charge in [-0.15, -0.1) is 0 Å². The molecule has 1 heterocycles. The molecule has 3 aromatic carbocycles. The third-order valence-corrected chi connectivity index (χ3v) is 7.38. The van der Waals surface area contributed by atoms with Crippen LogP contribution in [-0.2, 0) is 0 Å². The van der Waals surface area contributed by atoms with Gasteiger partial charge in [0.15, 0.2) is 11.6 Å². The van der Waals surface area contributed by atoms with Crippen molar-refractivity contribution in [1.82, 2.24) is 10.2 Å². The Labute approximate surface area is 254 Å². The second-order valence-corrected chi connectivity index (χ2v) is 10.9. The van der Waals surface area contributed by atoms with E-state index in [1.165, 1.54) is 25.0 Å². The predicted octanol–water partition coefficient (Wildman–Crippen LogP) is 7.83. The Morgan fingerprint density at radius 1 is 0.837 bits per heavy atom. The standard InChI is InChI=1S/C34H43FN4O4/c1-3-5-7-20-36-34(41)38-27-12-17-32(31(35)24-27)43-29-15-10-26(11-16-29)37-33(40)25-8-13-28(14-9-25)42-30-18-22-39(23-19-30)21-6-4-2/h8-17,24,30H,3-7,18-23H2,1-2H3,(H,37,40)(H2,36,38,41). The summed E-state index contributed by atoms with van der Waals surface area (Å²) in [6.45, 7) is 8.17. The maximum absolute atomic E-state index is 14.6. The second kappa shape index (κ2) is 16.5. The third-order valence-electron chi connectivity index (χ3n) is 7.38. The highest BCUT2D eigenvalue weighted by Gasteiger charge is 2.20.